The monoisotopic (exact) mass is 740 g/mol. The minimum atomic E-state index is -0.662. The number of para-hydroxylation sites is 1. The molecule has 5 nitrogen and oxygen atoms in total. The van der Waals surface area contributed by atoms with Gasteiger partial charge in [0.1, 0.15) is 11.2 Å². The van der Waals surface area contributed by atoms with Crippen LogP contribution < -0.4 is 0 Å². The van der Waals surface area contributed by atoms with Crippen molar-refractivity contribution in [1.82, 2.24) is 19.9 Å². The van der Waals surface area contributed by atoms with E-state index in [-0.39, 0.29) is 0 Å². The second kappa shape index (κ2) is 12.6. The van der Waals surface area contributed by atoms with Gasteiger partial charge in [-0.1, -0.05) is 164 Å². The van der Waals surface area contributed by atoms with Crippen molar-refractivity contribution in [2.75, 3.05) is 0 Å². The molecule has 7 aromatic carbocycles. The maximum absolute atomic E-state index is 6.78. The summed E-state index contributed by atoms with van der Waals surface area (Å²) in [4.78, 5) is 19.8. The summed E-state index contributed by atoms with van der Waals surface area (Å²) in [6.45, 7) is 0. The Morgan fingerprint density at radius 3 is 1.86 bits per heavy atom. The fraction of sp³-hybridized carbons (Fsp3) is 0.0189. The van der Waals surface area contributed by atoms with E-state index in [1.54, 1.807) is 6.20 Å². The average Bonchev–Trinajstić information content (AvgIpc) is 3.78. The molecule has 0 amide bonds. The lowest BCUT2D eigenvalue weighted by Gasteiger charge is -2.35. The van der Waals surface area contributed by atoms with E-state index < -0.39 is 5.41 Å². The summed E-state index contributed by atoms with van der Waals surface area (Å²) in [5.74, 6) is 1.84. The highest BCUT2D eigenvalue weighted by atomic mass is 16.3. The molecule has 58 heavy (non-hydrogen) atoms. The van der Waals surface area contributed by atoms with E-state index in [1.165, 1.54) is 27.8 Å². The van der Waals surface area contributed by atoms with E-state index in [4.69, 9.17) is 19.4 Å². The van der Waals surface area contributed by atoms with E-state index in [1.807, 2.05) is 48.7 Å². The molecule has 0 aliphatic heterocycles. The third-order valence-corrected chi connectivity index (χ3v) is 11.9. The first-order chi connectivity index (χ1) is 28.7. The lowest BCUT2D eigenvalue weighted by atomic mass is 9.65. The van der Waals surface area contributed by atoms with Gasteiger partial charge in [-0.25, -0.2) is 15.0 Å². The highest BCUT2D eigenvalue weighted by Crippen LogP contribution is 2.60. The van der Waals surface area contributed by atoms with Crippen molar-refractivity contribution in [2.24, 2.45) is 0 Å². The fourth-order valence-corrected chi connectivity index (χ4v) is 9.29. The zero-order valence-corrected chi connectivity index (χ0v) is 31.2. The molecule has 10 aromatic rings. The normalized spacial score (nSPS) is 14.9. The van der Waals surface area contributed by atoms with Crippen LogP contribution in [-0.2, 0) is 5.41 Å². The molecular weight excluding hydrogens is 709 g/mol. The molecule has 0 saturated carbocycles. The molecule has 1 atom stereocenters. The highest BCUT2D eigenvalue weighted by molar-refractivity contribution is 6.12. The molecule has 1 unspecified atom stereocenters. The summed E-state index contributed by atoms with van der Waals surface area (Å²) < 4.78 is 6.78. The highest BCUT2D eigenvalue weighted by Gasteiger charge is 2.49. The molecule has 1 spiro atoms. The number of hydrogen-bond donors (Lipinski definition) is 0. The van der Waals surface area contributed by atoms with Gasteiger partial charge in [-0.05, 0) is 68.3 Å². The van der Waals surface area contributed by atoms with Crippen LogP contribution in [0.25, 0.3) is 90.5 Å². The van der Waals surface area contributed by atoms with E-state index in [0.29, 0.717) is 17.5 Å². The zero-order chi connectivity index (χ0) is 38.2. The SMILES string of the molecule is C1=Cc2ccc(-c3nc(-c4ccccc4)nc(-c4ccc(-c5cccnc5)cc4)n3)cc2C2(c3ccccc31)c1ccccc1-c1c2ccc2c1oc1ccccc12. The predicted molar refractivity (Wildman–Crippen MR) is 233 cm³/mol. The van der Waals surface area contributed by atoms with E-state index in [9.17, 15) is 0 Å². The van der Waals surface area contributed by atoms with Gasteiger partial charge in [0.2, 0.25) is 0 Å². The summed E-state index contributed by atoms with van der Waals surface area (Å²) >= 11 is 0. The molecule has 3 aromatic heterocycles. The Hall–Kier alpha value is -7.76. The molecule has 3 heterocycles. The number of rotatable bonds is 4. The topological polar surface area (TPSA) is 64.7 Å². The van der Waals surface area contributed by atoms with Crippen molar-refractivity contribution < 1.29 is 4.42 Å². The molecule has 0 bridgehead atoms. The Morgan fingerprint density at radius 1 is 0.414 bits per heavy atom. The molecule has 0 saturated heterocycles. The van der Waals surface area contributed by atoms with Crippen LogP contribution in [0.15, 0.2) is 187 Å². The zero-order valence-electron chi connectivity index (χ0n) is 31.2. The van der Waals surface area contributed by atoms with Crippen molar-refractivity contribution >= 4 is 34.1 Å². The largest absolute Gasteiger partial charge is 0.455 e. The quantitative estimate of drug-likeness (QED) is 0.180. The molecule has 0 radical (unpaired) electrons. The number of fused-ring (bicyclic) bond motifs is 13. The van der Waals surface area contributed by atoms with Crippen LogP contribution in [-0.4, -0.2) is 19.9 Å². The fourth-order valence-electron chi connectivity index (χ4n) is 9.29. The Kier molecular flexibility index (Phi) is 7.07. The summed E-state index contributed by atoms with van der Waals surface area (Å²) in [7, 11) is 0. The Balaban J connectivity index is 1.11. The predicted octanol–water partition coefficient (Wildman–Crippen LogP) is 12.7. The minimum absolute atomic E-state index is 0.610. The van der Waals surface area contributed by atoms with Crippen molar-refractivity contribution in [1.29, 1.82) is 0 Å². The van der Waals surface area contributed by atoms with Crippen molar-refractivity contribution in [2.45, 2.75) is 5.41 Å². The number of hydrogen-bond acceptors (Lipinski definition) is 5. The number of furan rings is 1. The second-order valence-electron chi connectivity index (χ2n) is 15.0. The van der Waals surface area contributed by atoms with Gasteiger partial charge < -0.3 is 4.42 Å². The van der Waals surface area contributed by atoms with Crippen LogP contribution in [0.5, 0.6) is 0 Å². The molecule has 270 valence electrons. The summed E-state index contributed by atoms with van der Waals surface area (Å²) in [6.07, 6.45) is 8.18. The van der Waals surface area contributed by atoms with Crippen LogP contribution in [0.2, 0.25) is 0 Å². The standard InChI is InChI=1S/C53H32N4O/c1-2-12-36(13-3-1)50-55-51(37-25-20-33(21-26-37)39-14-10-30-54-32-39)57-52(56-50)38-27-24-35-23-22-34-11-4-7-17-43(34)53(46(35)31-38)44-18-8-5-16-42(44)48-45(53)29-28-41-40-15-6-9-19-47(40)58-49(41)48/h1-32H. The maximum atomic E-state index is 6.78. The Morgan fingerprint density at radius 2 is 1.05 bits per heavy atom. The minimum Gasteiger partial charge on any atom is -0.455 e. The van der Waals surface area contributed by atoms with Gasteiger partial charge in [0, 0.05) is 45.4 Å². The van der Waals surface area contributed by atoms with Gasteiger partial charge >= 0.3 is 0 Å². The maximum Gasteiger partial charge on any atom is 0.164 e. The number of aromatic nitrogens is 4. The van der Waals surface area contributed by atoms with Gasteiger partial charge in [-0.15, -0.1) is 0 Å². The van der Waals surface area contributed by atoms with Gasteiger partial charge in [0.05, 0.1) is 5.41 Å². The van der Waals surface area contributed by atoms with Crippen LogP contribution in [0.3, 0.4) is 0 Å². The van der Waals surface area contributed by atoms with Crippen molar-refractivity contribution in [3.63, 3.8) is 0 Å². The van der Waals surface area contributed by atoms with Gasteiger partial charge in [0.15, 0.2) is 17.5 Å². The molecule has 2 aliphatic carbocycles. The van der Waals surface area contributed by atoms with Gasteiger partial charge in [-0.3, -0.25) is 4.98 Å². The number of pyridine rings is 1. The Bertz CT molecular complexity index is 3280. The number of benzene rings is 7. The summed E-state index contributed by atoms with van der Waals surface area (Å²) in [6, 6.07) is 59.8. The third kappa shape index (κ3) is 4.77. The van der Waals surface area contributed by atoms with Crippen molar-refractivity contribution in [3.05, 3.63) is 216 Å². The smallest absolute Gasteiger partial charge is 0.164 e. The molecule has 2 aliphatic rings. The molecule has 0 N–H and O–H groups in total. The van der Waals surface area contributed by atoms with E-state index in [2.05, 4.69) is 145 Å². The first kappa shape index (κ1) is 32.5. The molecular formula is C53H32N4O. The molecule has 5 heteroatoms. The average molecular weight is 741 g/mol. The van der Waals surface area contributed by atoms with Crippen LogP contribution in [0.1, 0.15) is 33.4 Å². The second-order valence-corrected chi connectivity index (χ2v) is 15.0. The van der Waals surface area contributed by atoms with Gasteiger partial charge in [0.25, 0.3) is 0 Å². The van der Waals surface area contributed by atoms with E-state index >= 15 is 0 Å². The lowest BCUT2D eigenvalue weighted by Crippen LogP contribution is -2.30. The molecule has 12 rings (SSSR count). The first-order valence-corrected chi connectivity index (χ1v) is 19.5. The van der Waals surface area contributed by atoms with Crippen LogP contribution in [0.4, 0.5) is 0 Å². The van der Waals surface area contributed by atoms with Crippen LogP contribution in [0, 0.1) is 0 Å². The van der Waals surface area contributed by atoms with Crippen LogP contribution >= 0.6 is 0 Å². The van der Waals surface area contributed by atoms with Gasteiger partial charge in [-0.2, -0.15) is 0 Å². The van der Waals surface area contributed by atoms with E-state index in [0.717, 1.165) is 66.4 Å². The molecule has 0 fully saturated rings. The first-order valence-electron chi connectivity index (χ1n) is 19.5. The third-order valence-electron chi connectivity index (χ3n) is 11.9. The number of nitrogens with zero attached hydrogens (tertiary/aromatic N) is 4. The Labute approximate surface area is 334 Å². The summed E-state index contributed by atoms with van der Waals surface area (Å²) in [5, 5.41) is 2.24. The van der Waals surface area contributed by atoms with Crippen molar-refractivity contribution in [3.8, 4) is 56.4 Å². The lowest BCUT2D eigenvalue weighted by molar-refractivity contribution is 0.669. The summed E-state index contributed by atoms with van der Waals surface area (Å²) in [5.41, 5.74) is 15.5.